The molecule has 0 aliphatic carbocycles. The fourth-order valence-corrected chi connectivity index (χ4v) is 1.36. The third-order valence-corrected chi connectivity index (χ3v) is 2.25. The first-order valence-electron chi connectivity index (χ1n) is 3.94. The SMILES string of the molecule is O=c1[nH]c(=O)c2cnc(C(Cl)(Cl)Cl)nc2[nH]1. The van der Waals surface area contributed by atoms with Crippen molar-refractivity contribution in [2.24, 2.45) is 0 Å². The monoisotopic (exact) mass is 280 g/mol. The molecule has 2 rings (SSSR count). The molecule has 0 fully saturated rings. The Balaban J connectivity index is 2.82. The van der Waals surface area contributed by atoms with Crippen molar-refractivity contribution < 1.29 is 0 Å². The number of nitrogens with one attached hydrogen (secondary N) is 2. The minimum absolute atomic E-state index is 0.0186. The number of rotatable bonds is 0. The molecular weight excluding hydrogens is 278 g/mol. The van der Waals surface area contributed by atoms with Gasteiger partial charge in [0.1, 0.15) is 5.39 Å². The Kier molecular flexibility index (Phi) is 2.65. The number of hydrogen-bond acceptors (Lipinski definition) is 4. The van der Waals surface area contributed by atoms with Crippen LogP contribution < -0.4 is 11.2 Å². The molecule has 6 nitrogen and oxygen atoms in total. The van der Waals surface area contributed by atoms with Crippen LogP contribution >= 0.6 is 34.8 Å². The van der Waals surface area contributed by atoms with E-state index in [1.807, 2.05) is 4.98 Å². The molecule has 0 bridgehead atoms. The van der Waals surface area contributed by atoms with E-state index in [0.717, 1.165) is 0 Å². The van der Waals surface area contributed by atoms with E-state index in [4.69, 9.17) is 34.8 Å². The van der Waals surface area contributed by atoms with Gasteiger partial charge in [0.25, 0.3) is 5.56 Å². The van der Waals surface area contributed by atoms with Gasteiger partial charge in [-0.05, 0) is 0 Å². The highest BCUT2D eigenvalue weighted by molar-refractivity contribution is 6.66. The van der Waals surface area contributed by atoms with Crippen LogP contribution in [0.3, 0.4) is 0 Å². The molecule has 2 heterocycles. The summed E-state index contributed by atoms with van der Waals surface area (Å²) in [7, 11) is 0. The maximum atomic E-state index is 11.3. The Morgan fingerprint density at radius 3 is 2.50 bits per heavy atom. The second-order valence-electron chi connectivity index (χ2n) is 2.86. The van der Waals surface area contributed by atoms with Gasteiger partial charge in [0.2, 0.25) is 3.79 Å². The van der Waals surface area contributed by atoms with Gasteiger partial charge >= 0.3 is 5.69 Å². The number of nitrogens with zero attached hydrogens (tertiary/aromatic N) is 2. The molecule has 84 valence electrons. The molecule has 0 aliphatic heterocycles. The van der Waals surface area contributed by atoms with E-state index in [1.165, 1.54) is 6.20 Å². The van der Waals surface area contributed by atoms with Crippen LogP contribution in [0.5, 0.6) is 0 Å². The summed E-state index contributed by atoms with van der Waals surface area (Å²) in [5.41, 5.74) is -1.27. The molecule has 0 radical (unpaired) electrons. The number of H-pyrrole nitrogens is 2. The van der Waals surface area contributed by atoms with E-state index in [9.17, 15) is 9.59 Å². The fraction of sp³-hybridized carbons (Fsp3) is 0.143. The van der Waals surface area contributed by atoms with E-state index in [-0.39, 0.29) is 16.9 Å². The standard InChI is InChI=1S/C7H3Cl3N4O2/c8-7(9,10)5-11-1-2-3(12-5)13-6(16)14-4(2)15/h1H,(H2,11,12,13,14,15,16). The number of fused-ring (bicyclic) bond motifs is 1. The van der Waals surface area contributed by atoms with Crippen LogP contribution in [0.4, 0.5) is 0 Å². The first-order valence-corrected chi connectivity index (χ1v) is 5.08. The molecule has 2 aromatic heterocycles. The van der Waals surface area contributed by atoms with Crippen molar-refractivity contribution in [2.75, 3.05) is 0 Å². The third kappa shape index (κ3) is 2.04. The predicted octanol–water partition coefficient (Wildman–Crippen LogP) is 0.833. The minimum Gasteiger partial charge on any atom is -0.291 e. The van der Waals surface area contributed by atoms with Crippen LogP contribution in [-0.2, 0) is 3.79 Å². The van der Waals surface area contributed by atoms with Gasteiger partial charge in [0.15, 0.2) is 11.5 Å². The van der Waals surface area contributed by atoms with Crippen LogP contribution in [0, 0.1) is 0 Å². The summed E-state index contributed by atoms with van der Waals surface area (Å²) in [5, 5.41) is 0.109. The zero-order valence-corrected chi connectivity index (χ0v) is 9.69. The van der Waals surface area contributed by atoms with Crippen molar-refractivity contribution in [3.05, 3.63) is 32.9 Å². The van der Waals surface area contributed by atoms with Gasteiger partial charge in [-0.2, -0.15) is 0 Å². The molecule has 0 aromatic carbocycles. The molecule has 0 unspecified atom stereocenters. The van der Waals surface area contributed by atoms with Gasteiger partial charge in [-0.1, -0.05) is 34.8 Å². The molecule has 9 heteroatoms. The first kappa shape index (κ1) is 11.4. The van der Waals surface area contributed by atoms with E-state index >= 15 is 0 Å². The van der Waals surface area contributed by atoms with Crippen LogP contribution in [0.1, 0.15) is 5.82 Å². The van der Waals surface area contributed by atoms with Crippen LogP contribution in [0.15, 0.2) is 15.8 Å². The number of hydrogen-bond donors (Lipinski definition) is 2. The number of halogens is 3. The molecule has 0 atom stereocenters. The fourth-order valence-electron chi connectivity index (χ4n) is 1.09. The third-order valence-electron chi connectivity index (χ3n) is 1.75. The Morgan fingerprint density at radius 1 is 1.19 bits per heavy atom. The van der Waals surface area contributed by atoms with Gasteiger partial charge in [-0.25, -0.2) is 14.8 Å². The average Bonchev–Trinajstić information content (AvgIpc) is 2.15. The highest BCUT2D eigenvalue weighted by atomic mass is 35.6. The van der Waals surface area contributed by atoms with Crippen LogP contribution in [0.25, 0.3) is 11.0 Å². The second-order valence-corrected chi connectivity index (χ2v) is 5.14. The van der Waals surface area contributed by atoms with Gasteiger partial charge in [-0.3, -0.25) is 14.8 Å². The molecule has 0 spiro atoms. The van der Waals surface area contributed by atoms with Gasteiger partial charge in [-0.15, -0.1) is 0 Å². The molecule has 0 amide bonds. The molecule has 0 saturated heterocycles. The number of alkyl halides is 3. The summed E-state index contributed by atoms with van der Waals surface area (Å²) >= 11 is 16.7. The number of aromatic amines is 2. The molecular formula is C7H3Cl3N4O2. The summed E-state index contributed by atoms with van der Waals surface area (Å²) in [4.78, 5) is 34.1. The molecule has 2 N–H and O–H groups in total. The topological polar surface area (TPSA) is 91.5 Å². The van der Waals surface area contributed by atoms with Crippen molar-refractivity contribution in [3.8, 4) is 0 Å². The van der Waals surface area contributed by atoms with E-state index < -0.39 is 15.0 Å². The molecule has 0 aliphatic rings. The lowest BCUT2D eigenvalue weighted by atomic mass is 10.4. The van der Waals surface area contributed by atoms with E-state index in [0.29, 0.717) is 0 Å². The Labute approximate surface area is 103 Å². The lowest BCUT2D eigenvalue weighted by Crippen LogP contribution is -2.23. The van der Waals surface area contributed by atoms with Gasteiger partial charge < -0.3 is 0 Å². The maximum Gasteiger partial charge on any atom is 0.327 e. The Hall–Kier alpha value is -1.11. The highest BCUT2D eigenvalue weighted by Crippen LogP contribution is 2.35. The Bertz CT molecular complexity index is 657. The lowest BCUT2D eigenvalue weighted by molar-refractivity contribution is 0.963. The van der Waals surface area contributed by atoms with Gasteiger partial charge in [0, 0.05) is 6.20 Å². The van der Waals surface area contributed by atoms with E-state index in [2.05, 4.69) is 15.0 Å². The number of aromatic nitrogens is 4. The molecule has 0 saturated carbocycles. The lowest BCUT2D eigenvalue weighted by Gasteiger charge is -2.08. The average molecular weight is 281 g/mol. The van der Waals surface area contributed by atoms with Gasteiger partial charge in [0.05, 0.1) is 0 Å². The van der Waals surface area contributed by atoms with E-state index in [1.54, 1.807) is 0 Å². The molecule has 2 aromatic rings. The maximum absolute atomic E-state index is 11.3. The highest BCUT2D eigenvalue weighted by Gasteiger charge is 2.27. The first-order chi connectivity index (χ1) is 7.38. The minimum atomic E-state index is -1.81. The van der Waals surface area contributed by atoms with Crippen molar-refractivity contribution >= 4 is 45.8 Å². The summed E-state index contributed by atoms with van der Waals surface area (Å²) in [6.07, 6.45) is 1.17. The normalized spacial score (nSPS) is 11.9. The summed E-state index contributed by atoms with van der Waals surface area (Å²) < 4.78 is -1.81. The van der Waals surface area contributed by atoms with Crippen LogP contribution in [0.2, 0.25) is 0 Å². The van der Waals surface area contributed by atoms with Crippen molar-refractivity contribution in [3.63, 3.8) is 0 Å². The predicted molar refractivity (Wildman–Crippen MR) is 60.0 cm³/mol. The largest absolute Gasteiger partial charge is 0.327 e. The van der Waals surface area contributed by atoms with Crippen molar-refractivity contribution in [2.45, 2.75) is 3.79 Å². The quantitative estimate of drug-likeness (QED) is 0.700. The van der Waals surface area contributed by atoms with Crippen LogP contribution in [-0.4, -0.2) is 19.9 Å². The second kappa shape index (κ2) is 3.73. The zero-order valence-electron chi connectivity index (χ0n) is 7.42. The van der Waals surface area contributed by atoms with Crippen molar-refractivity contribution in [1.29, 1.82) is 0 Å². The summed E-state index contributed by atoms with van der Waals surface area (Å²) in [6, 6.07) is 0. The Morgan fingerprint density at radius 2 is 1.88 bits per heavy atom. The summed E-state index contributed by atoms with van der Waals surface area (Å²) in [6.45, 7) is 0. The smallest absolute Gasteiger partial charge is 0.291 e. The van der Waals surface area contributed by atoms with Crippen molar-refractivity contribution in [1.82, 2.24) is 19.9 Å². The molecule has 16 heavy (non-hydrogen) atoms. The zero-order chi connectivity index (χ0) is 11.9. The summed E-state index contributed by atoms with van der Waals surface area (Å²) in [5.74, 6) is -0.119.